The Labute approximate surface area is 131 Å². The zero-order chi connectivity index (χ0) is 13.7. The van der Waals surface area contributed by atoms with Crippen LogP contribution in [0.2, 0.25) is 0 Å². The Balaban J connectivity index is 0.00000200. The van der Waals surface area contributed by atoms with Crippen molar-refractivity contribution >= 4 is 35.8 Å². The Morgan fingerprint density at radius 2 is 2.05 bits per heavy atom. The van der Waals surface area contributed by atoms with Crippen LogP contribution < -0.4 is 10.6 Å². The summed E-state index contributed by atoms with van der Waals surface area (Å²) in [6, 6.07) is 7.98. The number of rotatable bonds is 7. The SMILES string of the molecule is CC(C)Sc1ccccc1NC(=O)CNCC1CC1.Cl. The van der Waals surface area contributed by atoms with Gasteiger partial charge in [-0.25, -0.2) is 0 Å². The first kappa shape index (κ1) is 17.3. The van der Waals surface area contributed by atoms with Gasteiger partial charge in [-0.1, -0.05) is 26.0 Å². The molecular weight excluding hydrogens is 292 g/mol. The third-order valence-electron chi connectivity index (χ3n) is 2.94. The third-order valence-corrected chi connectivity index (χ3v) is 4.02. The summed E-state index contributed by atoms with van der Waals surface area (Å²) < 4.78 is 0. The molecule has 112 valence electrons. The van der Waals surface area contributed by atoms with E-state index in [4.69, 9.17) is 0 Å². The second-order valence-electron chi connectivity index (χ2n) is 5.29. The maximum atomic E-state index is 11.9. The molecule has 0 heterocycles. The molecule has 0 saturated heterocycles. The summed E-state index contributed by atoms with van der Waals surface area (Å²) in [5.74, 6) is 0.842. The molecule has 1 amide bonds. The Morgan fingerprint density at radius 3 is 2.70 bits per heavy atom. The predicted octanol–water partition coefficient (Wildman–Crippen LogP) is 3.55. The summed E-state index contributed by atoms with van der Waals surface area (Å²) in [4.78, 5) is 13.0. The molecule has 3 nitrogen and oxygen atoms in total. The number of halogens is 1. The molecule has 2 N–H and O–H groups in total. The minimum atomic E-state index is 0. The highest BCUT2D eigenvalue weighted by molar-refractivity contribution is 8.00. The van der Waals surface area contributed by atoms with Crippen molar-refractivity contribution in [2.75, 3.05) is 18.4 Å². The van der Waals surface area contributed by atoms with Gasteiger partial charge in [0.2, 0.25) is 5.91 Å². The average molecular weight is 315 g/mol. The first-order chi connectivity index (χ1) is 9.15. The molecule has 1 aliphatic carbocycles. The fraction of sp³-hybridized carbons (Fsp3) is 0.533. The summed E-state index contributed by atoms with van der Waals surface area (Å²) >= 11 is 1.77. The van der Waals surface area contributed by atoms with E-state index in [-0.39, 0.29) is 18.3 Å². The van der Waals surface area contributed by atoms with Gasteiger partial charge in [-0.15, -0.1) is 24.2 Å². The van der Waals surface area contributed by atoms with Gasteiger partial charge >= 0.3 is 0 Å². The lowest BCUT2D eigenvalue weighted by Crippen LogP contribution is -2.29. The van der Waals surface area contributed by atoms with E-state index in [0.717, 1.165) is 23.0 Å². The van der Waals surface area contributed by atoms with Crippen LogP contribution in [0.5, 0.6) is 0 Å². The molecule has 0 aliphatic heterocycles. The van der Waals surface area contributed by atoms with Crippen molar-refractivity contribution in [1.82, 2.24) is 5.32 Å². The number of hydrogen-bond acceptors (Lipinski definition) is 3. The molecule has 0 bridgehead atoms. The Bertz CT molecular complexity index is 436. The standard InChI is InChI=1S/C15H22N2OS.ClH/c1-11(2)19-14-6-4-3-5-13(14)17-15(18)10-16-9-12-7-8-12;/h3-6,11-12,16H,7-10H2,1-2H3,(H,17,18);1H. The van der Waals surface area contributed by atoms with Crippen molar-refractivity contribution < 1.29 is 4.79 Å². The van der Waals surface area contributed by atoms with Gasteiger partial charge in [-0.05, 0) is 37.4 Å². The van der Waals surface area contributed by atoms with E-state index in [1.807, 2.05) is 18.2 Å². The molecule has 1 aromatic carbocycles. The van der Waals surface area contributed by atoms with Gasteiger partial charge in [0.1, 0.15) is 0 Å². The summed E-state index contributed by atoms with van der Waals surface area (Å²) in [5, 5.41) is 6.70. The Morgan fingerprint density at radius 1 is 1.35 bits per heavy atom. The smallest absolute Gasteiger partial charge is 0.238 e. The second-order valence-corrected chi connectivity index (χ2v) is 6.90. The zero-order valence-corrected chi connectivity index (χ0v) is 13.7. The zero-order valence-electron chi connectivity index (χ0n) is 12.0. The van der Waals surface area contributed by atoms with Crippen LogP contribution in [-0.4, -0.2) is 24.2 Å². The van der Waals surface area contributed by atoms with Gasteiger partial charge in [0.05, 0.1) is 12.2 Å². The van der Waals surface area contributed by atoms with Crippen LogP contribution in [0.25, 0.3) is 0 Å². The number of amides is 1. The lowest BCUT2D eigenvalue weighted by Gasteiger charge is -2.12. The Kier molecular flexibility index (Phi) is 7.41. The van der Waals surface area contributed by atoms with E-state index < -0.39 is 0 Å². The molecule has 2 rings (SSSR count). The van der Waals surface area contributed by atoms with E-state index in [1.165, 1.54) is 12.8 Å². The highest BCUT2D eigenvalue weighted by atomic mass is 35.5. The van der Waals surface area contributed by atoms with Crippen LogP contribution in [0, 0.1) is 5.92 Å². The number of anilines is 1. The second kappa shape index (κ2) is 8.55. The number of carbonyl (C=O) groups is 1. The largest absolute Gasteiger partial charge is 0.324 e. The van der Waals surface area contributed by atoms with Crippen LogP contribution in [-0.2, 0) is 4.79 Å². The number of hydrogen-bond donors (Lipinski definition) is 2. The monoisotopic (exact) mass is 314 g/mol. The highest BCUT2D eigenvalue weighted by Crippen LogP contribution is 2.30. The van der Waals surface area contributed by atoms with Gasteiger partial charge in [0, 0.05) is 10.1 Å². The van der Waals surface area contributed by atoms with Crippen LogP contribution in [0.15, 0.2) is 29.2 Å². The van der Waals surface area contributed by atoms with Crippen molar-refractivity contribution in [3.8, 4) is 0 Å². The summed E-state index contributed by atoms with van der Waals surface area (Å²) in [5.41, 5.74) is 0.916. The summed E-state index contributed by atoms with van der Waals surface area (Å²) in [6.07, 6.45) is 2.62. The minimum Gasteiger partial charge on any atom is -0.324 e. The molecule has 0 atom stereocenters. The molecule has 1 fully saturated rings. The van der Waals surface area contributed by atoms with Crippen molar-refractivity contribution in [1.29, 1.82) is 0 Å². The molecule has 5 heteroatoms. The van der Waals surface area contributed by atoms with Gasteiger partial charge in [-0.3, -0.25) is 4.79 Å². The fourth-order valence-corrected chi connectivity index (χ4v) is 2.74. The summed E-state index contributed by atoms with van der Waals surface area (Å²) in [6.45, 7) is 5.67. The molecule has 0 aromatic heterocycles. The van der Waals surface area contributed by atoms with Crippen molar-refractivity contribution in [3.05, 3.63) is 24.3 Å². The van der Waals surface area contributed by atoms with Crippen LogP contribution >= 0.6 is 24.2 Å². The number of nitrogens with one attached hydrogen (secondary N) is 2. The number of benzene rings is 1. The molecule has 20 heavy (non-hydrogen) atoms. The first-order valence-electron chi connectivity index (χ1n) is 6.91. The van der Waals surface area contributed by atoms with E-state index in [1.54, 1.807) is 11.8 Å². The predicted molar refractivity (Wildman–Crippen MR) is 88.9 cm³/mol. The van der Waals surface area contributed by atoms with Crippen molar-refractivity contribution in [3.63, 3.8) is 0 Å². The van der Waals surface area contributed by atoms with E-state index in [9.17, 15) is 4.79 Å². The maximum Gasteiger partial charge on any atom is 0.238 e. The van der Waals surface area contributed by atoms with Crippen LogP contribution in [0.1, 0.15) is 26.7 Å². The molecule has 1 aliphatic rings. The van der Waals surface area contributed by atoms with E-state index in [2.05, 4.69) is 30.5 Å². The molecular formula is C15H23ClN2OS. The van der Waals surface area contributed by atoms with E-state index >= 15 is 0 Å². The van der Waals surface area contributed by atoms with E-state index in [0.29, 0.717) is 11.8 Å². The quantitative estimate of drug-likeness (QED) is 0.756. The fourth-order valence-electron chi connectivity index (χ4n) is 1.83. The molecule has 0 spiro atoms. The maximum absolute atomic E-state index is 11.9. The lowest BCUT2D eigenvalue weighted by molar-refractivity contribution is -0.115. The minimum absolute atomic E-state index is 0. The number of para-hydroxylation sites is 1. The van der Waals surface area contributed by atoms with Crippen LogP contribution in [0.4, 0.5) is 5.69 Å². The van der Waals surface area contributed by atoms with Gasteiger partial charge in [-0.2, -0.15) is 0 Å². The Hall–Kier alpha value is -0.710. The highest BCUT2D eigenvalue weighted by Gasteiger charge is 2.20. The topological polar surface area (TPSA) is 41.1 Å². The average Bonchev–Trinajstić information content (AvgIpc) is 3.15. The molecule has 0 unspecified atom stereocenters. The molecule has 1 aromatic rings. The van der Waals surface area contributed by atoms with Crippen molar-refractivity contribution in [2.24, 2.45) is 5.92 Å². The van der Waals surface area contributed by atoms with Gasteiger partial charge in [0.15, 0.2) is 0 Å². The normalized spacial score (nSPS) is 13.9. The molecule has 0 radical (unpaired) electrons. The third kappa shape index (κ3) is 6.16. The first-order valence-corrected chi connectivity index (χ1v) is 7.79. The number of thioether (sulfide) groups is 1. The van der Waals surface area contributed by atoms with Gasteiger partial charge < -0.3 is 10.6 Å². The number of carbonyl (C=O) groups excluding carboxylic acids is 1. The summed E-state index contributed by atoms with van der Waals surface area (Å²) in [7, 11) is 0. The lowest BCUT2D eigenvalue weighted by atomic mass is 10.3. The van der Waals surface area contributed by atoms with Crippen molar-refractivity contribution in [2.45, 2.75) is 36.8 Å². The van der Waals surface area contributed by atoms with Crippen LogP contribution in [0.3, 0.4) is 0 Å². The molecule has 1 saturated carbocycles. The van der Waals surface area contributed by atoms with Gasteiger partial charge in [0.25, 0.3) is 0 Å².